The molecule has 0 spiro atoms. The van der Waals surface area contributed by atoms with E-state index in [1.165, 1.54) is 17.8 Å². The second-order valence-electron chi connectivity index (χ2n) is 2.76. The van der Waals surface area contributed by atoms with Gasteiger partial charge in [-0.2, -0.15) is 0 Å². The number of alkyl halides is 1. The summed E-state index contributed by atoms with van der Waals surface area (Å²) in [7, 11) is 0. The fraction of sp³-hybridized carbons (Fsp3) is 0.556. The van der Waals surface area contributed by atoms with Crippen LogP contribution in [0.5, 0.6) is 0 Å². The first-order chi connectivity index (χ1) is 7.19. The molecule has 84 valence electrons. The third kappa shape index (κ3) is 3.53. The lowest BCUT2D eigenvalue weighted by Gasteiger charge is -2.14. The zero-order valence-electron chi connectivity index (χ0n) is 8.36. The Morgan fingerprint density at radius 3 is 3.07 bits per heavy atom. The van der Waals surface area contributed by atoms with Crippen molar-refractivity contribution in [2.75, 3.05) is 24.2 Å². The fourth-order valence-electron chi connectivity index (χ4n) is 1.14. The van der Waals surface area contributed by atoms with Crippen molar-refractivity contribution in [1.82, 2.24) is 4.90 Å². The average Bonchev–Trinajstić information content (AvgIpc) is 2.51. The summed E-state index contributed by atoms with van der Waals surface area (Å²) in [4.78, 5) is 24.2. The number of carbonyl (C=O) groups excluding carboxylic acids is 2. The Bertz CT molecular complexity index is 293. The van der Waals surface area contributed by atoms with Crippen LogP contribution < -0.4 is 0 Å². The van der Waals surface area contributed by atoms with Crippen LogP contribution in [0.15, 0.2) is 11.1 Å². The number of esters is 1. The molecule has 1 amide bonds. The molecular weight excluding hydrogens is 282 g/mol. The maximum absolute atomic E-state index is 11.4. The Morgan fingerprint density at radius 1 is 1.73 bits per heavy atom. The summed E-state index contributed by atoms with van der Waals surface area (Å²) in [6, 6.07) is 0. The molecule has 0 aromatic heterocycles. The maximum Gasteiger partial charge on any atom is 0.333 e. The largest absolute Gasteiger partial charge is 0.463 e. The Kier molecular flexibility index (Phi) is 5.17. The molecule has 15 heavy (non-hydrogen) atoms. The zero-order chi connectivity index (χ0) is 11.3. The van der Waals surface area contributed by atoms with E-state index in [1.54, 1.807) is 11.8 Å². The second-order valence-corrected chi connectivity index (χ2v) is 4.55. The van der Waals surface area contributed by atoms with Gasteiger partial charge in [-0.1, -0.05) is 27.7 Å². The highest BCUT2D eigenvalue weighted by Crippen LogP contribution is 2.28. The number of amides is 1. The predicted octanol–water partition coefficient (Wildman–Crippen LogP) is 1.36. The number of carbonyl (C=O) groups is 2. The molecule has 1 aliphatic rings. The summed E-state index contributed by atoms with van der Waals surface area (Å²) in [5.41, 5.74) is 0. The van der Waals surface area contributed by atoms with Gasteiger partial charge >= 0.3 is 5.97 Å². The number of rotatable bonds is 4. The number of nitrogens with zero attached hydrogens (tertiary/aromatic N) is 1. The molecule has 1 aliphatic heterocycles. The molecular formula is C9H12BrNO3S. The highest BCUT2D eigenvalue weighted by molar-refractivity contribution is 9.09. The van der Waals surface area contributed by atoms with Crippen molar-refractivity contribution in [1.29, 1.82) is 0 Å². The normalized spacial score (nSPS) is 18.7. The molecule has 0 unspecified atom stereocenters. The lowest BCUT2D eigenvalue weighted by molar-refractivity contribution is -0.137. The highest BCUT2D eigenvalue weighted by atomic mass is 79.9. The number of hydrogen-bond acceptors (Lipinski definition) is 4. The van der Waals surface area contributed by atoms with E-state index in [0.717, 1.165) is 0 Å². The fourth-order valence-corrected chi connectivity index (χ4v) is 2.45. The van der Waals surface area contributed by atoms with E-state index in [4.69, 9.17) is 4.74 Å². The summed E-state index contributed by atoms with van der Waals surface area (Å²) < 4.78 is 4.79. The third-order valence-corrected chi connectivity index (χ3v) is 3.13. The van der Waals surface area contributed by atoms with Crippen molar-refractivity contribution in [3.05, 3.63) is 11.1 Å². The first kappa shape index (κ1) is 12.6. The molecule has 0 radical (unpaired) electrons. The van der Waals surface area contributed by atoms with Gasteiger partial charge in [-0.25, -0.2) is 4.79 Å². The van der Waals surface area contributed by atoms with Gasteiger partial charge in [-0.05, 0) is 6.92 Å². The lowest BCUT2D eigenvalue weighted by atomic mass is 10.5. The summed E-state index contributed by atoms with van der Waals surface area (Å²) in [5.74, 6) is 0.0439. The first-order valence-electron chi connectivity index (χ1n) is 4.56. The molecule has 0 saturated carbocycles. The van der Waals surface area contributed by atoms with Gasteiger partial charge in [0.05, 0.1) is 23.5 Å². The molecule has 0 aliphatic carbocycles. The lowest BCUT2D eigenvalue weighted by Crippen LogP contribution is -2.26. The van der Waals surface area contributed by atoms with E-state index in [-0.39, 0.29) is 5.91 Å². The molecule has 1 fully saturated rings. The van der Waals surface area contributed by atoms with Crippen LogP contribution in [0.1, 0.15) is 6.92 Å². The van der Waals surface area contributed by atoms with Gasteiger partial charge in [0, 0.05) is 11.9 Å². The monoisotopic (exact) mass is 293 g/mol. The van der Waals surface area contributed by atoms with Crippen LogP contribution in [0, 0.1) is 0 Å². The minimum Gasteiger partial charge on any atom is -0.463 e. The Hall–Kier alpha value is -0.490. The van der Waals surface area contributed by atoms with Crippen LogP contribution in [0.3, 0.4) is 0 Å². The van der Waals surface area contributed by atoms with Crippen molar-refractivity contribution in [3.8, 4) is 0 Å². The Labute approximate surface area is 101 Å². The van der Waals surface area contributed by atoms with E-state index >= 15 is 0 Å². The van der Waals surface area contributed by atoms with E-state index in [2.05, 4.69) is 15.9 Å². The van der Waals surface area contributed by atoms with Crippen LogP contribution in [-0.4, -0.2) is 41.0 Å². The summed E-state index contributed by atoms with van der Waals surface area (Å²) in [6.45, 7) is 2.68. The third-order valence-electron chi connectivity index (χ3n) is 1.75. The van der Waals surface area contributed by atoms with E-state index in [9.17, 15) is 9.59 Å². The molecule has 6 heteroatoms. The maximum atomic E-state index is 11.4. The number of hydrogen-bond donors (Lipinski definition) is 0. The van der Waals surface area contributed by atoms with E-state index in [1.807, 2.05) is 0 Å². The van der Waals surface area contributed by atoms with Crippen molar-refractivity contribution in [3.63, 3.8) is 0 Å². The van der Waals surface area contributed by atoms with E-state index in [0.29, 0.717) is 29.3 Å². The first-order valence-corrected chi connectivity index (χ1v) is 6.67. The number of halogens is 1. The number of thioether (sulfide) groups is 1. The summed E-state index contributed by atoms with van der Waals surface area (Å²) in [5, 5.41) is 1.37. The molecule has 0 bridgehead atoms. The van der Waals surface area contributed by atoms with Gasteiger partial charge in [0.1, 0.15) is 0 Å². The smallest absolute Gasteiger partial charge is 0.333 e. The Morgan fingerprint density at radius 2 is 2.47 bits per heavy atom. The zero-order valence-corrected chi connectivity index (χ0v) is 10.8. The van der Waals surface area contributed by atoms with Gasteiger partial charge < -0.3 is 9.64 Å². The molecule has 0 aromatic carbocycles. The minimum atomic E-state index is -0.394. The van der Waals surface area contributed by atoms with E-state index < -0.39 is 5.97 Å². The summed E-state index contributed by atoms with van der Waals surface area (Å²) in [6.07, 6.45) is 1.38. The molecule has 1 saturated heterocycles. The second kappa shape index (κ2) is 6.17. The molecule has 1 rings (SSSR count). The van der Waals surface area contributed by atoms with Crippen LogP contribution in [0.4, 0.5) is 0 Å². The van der Waals surface area contributed by atoms with Gasteiger partial charge in [0.2, 0.25) is 5.91 Å². The highest BCUT2D eigenvalue weighted by Gasteiger charge is 2.26. The van der Waals surface area contributed by atoms with Gasteiger partial charge in [-0.15, -0.1) is 0 Å². The van der Waals surface area contributed by atoms with Crippen molar-refractivity contribution >= 4 is 39.6 Å². The van der Waals surface area contributed by atoms with Gasteiger partial charge in [0.15, 0.2) is 0 Å². The van der Waals surface area contributed by atoms with Gasteiger partial charge in [0.25, 0.3) is 0 Å². The molecule has 4 nitrogen and oxygen atoms in total. The van der Waals surface area contributed by atoms with Crippen molar-refractivity contribution in [2.45, 2.75) is 6.92 Å². The molecule has 0 aromatic rings. The molecule has 1 heterocycles. The van der Waals surface area contributed by atoms with Crippen LogP contribution in [0.25, 0.3) is 0 Å². The Balaban J connectivity index is 2.67. The standard InChI is InChI=1S/C9H12BrNO3S/c1-2-14-9(13)5-8-11(4-3-10)7(12)6-15-8/h5H,2-4,6H2,1H3. The topological polar surface area (TPSA) is 46.6 Å². The van der Waals surface area contributed by atoms with Crippen molar-refractivity contribution in [2.24, 2.45) is 0 Å². The van der Waals surface area contributed by atoms with Crippen LogP contribution in [-0.2, 0) is 14.3 Å². The van der Waals surface area contributed by atoms with Gasteiger partial charge in [-0.3, -0.25) is 4.79 Å². The number of ether oxygens (including phenoxy) is 1. The quantitative estimate of drug-likeness (QED) is 0.446. The summed E-state index contributed by atoms with van der Waals surface area (Å²) >= 11 is 4.63. The predicted molar refractivity (Wildman–Crippen MR) is 62.7 cm³/mol. The minimum absolute atomic E-state index is 0.0370. The molecule has 0 atom stereocenters. The van der Waals surface area contributed by atoms with Crippen molar-refractivity contribution < 1.29 is 14.3 Å². The molecule has 0 N–H and O–H groups in total. The van der Waals surface area contributed by atoms with Crippen LogP contribution >= 0.6 is 27.7 Å². The SMILES string of the molecule is CCOC(=O)C=C1SCC(=O)N1CCBr. The van der Waals surface area contributed by atoms with Crippen LogP contribution in [0.2, 0.25) is 0 Å². The average molecular weight is 294 g/mol.